The molecular formula is C14H25N3. The van der Waals surface area contributed by atoms with E-state index >= 15 is 0 Å². The smallest absolute Gasteiger partial charge is 0.0640 e. The van der Waals surface area contributed by atoms with Gasteiger partial charge in [-0.05, 0) is 44.7 Å². The predicted molar refractivity (Wildman–Crippen MR) is 71.1 cm³/mol. The zero-order chi connectivity index (χ0) is 12.6. The highest BCUT2D eigenvalue weighted by Crippen LogP contribution is 2.53. The van der Waals surface area contributed by atoms with Crippen LogP contribution in [-0.2, 0) is 6.42 Å². The lowest BCUT2D eigenvalue weighted by Crippen LogP contribution is -2.31. The molecule has 0 spiro atoms. The van der Waals surface area contributed by atoms with Gasteiger partial charge < -0.3 is 5.32 Å². The molecule has 1 aliphatic rings. The van der Waals surface area contributed by atoms with Gasteiger partial charge in [-0.3, -0.25) is 4.68 Å². The lowest BCUT2D eigenvalue weighted by molar-refractivity contribution is 0.419. The fraction of sp³-hybridized carbons (Fsp3) is 0.786. The number of aromatic nitrogens is 2. The van der Waals surface area contributed by atoms with Crippen molar-refractivity contribution >= 4 is 0 Å². The van der Waals surface area contributed by atoms with E-state index in [-0.39, 0.29) is 0 Å². The van der Waals surface area contributed by atoms with Crippen molar-refractivity contribution in [2.45, 2.75) is 52.6 Å². The Kier molecular flexibility index (Phi) is 3.30. The summed E-state index contributed by atoms with van der Waals surface area (Å²) in [4.78, 5) is 0. The Balaban J connectivity index is 1.99. The van der Waals surface area contributed by atoms with Crippen LogP contribution in [0.4, 0.5) is 0 Å². The minimum atomic E-state index is 0.453. The molecule has 0 aromatic carbocycles. The third-order valence-corrected chi connectivity index (χ3v) is 4.07. The van der Waals surface area contributed by atoms with E-state index in [9.17, 15) is 0 Å². The molecule has 0 aliphatic heterocycles. The Hall–Kier alpha value is -0.830. The quantitative estimate of drug-likeness (QED) is 0.850. The zero-order valence-corrected chi connectivity index (χ0v) is 11.7. The maximum atomic E-state index is 4.63. The van der Waals surface area contributed by atoms with Crippen molar-refractivity contribution in [3.8, 4) is 0 Å². The topological polar surface area (TPSA) is 29.9 Å². The van der Waals surface area contributed by atoms with Crippen LogP contribution in [0.5, 0.6) is 0 Å². The van der Waals surface area contributed by atoms with Crippen molar-refractivity contribution in [1.82, 2.24) is 15.1 Å². The number of rotatable bonds is 5. The molecule has 96 valence electrons. The Labute approximate surface area is 105 Å². The molecule has 1 N–H and O–H groups in total. The molecule has 2 atom stereocenters. The summed E-state index contributed by atoms with van der Waals surface area (Å²) in [5.74, 6) is 0.802. The number of nitrogens with zero attached hydrogens (tertiary/aromatic N) is 2. The van der Waals surface area contributed by atoms with Crippen molar-refractivity contribution in [3.05, 3.63) is 18.0 Å². The summed E-state index contributed by atoms with van der Waals surface area (Å²) in [6, 6.07) is 3.18. The van der Waals surface area contributed by atoms with Crippen LogP contribution in [0.25, 0.3) is 0 Å². The monoisotopic (exact) mass is 235 g/mol. The predicted octanol–water partition coefficient (Wildman–Crippen LogP) is 2.64. The molecule has 1 saturated carbocycles. The lowest BCUT2D eigenvalue weighted by atomic mass is 10.00. The first kappa shape index (κ1) is 12.6. The molecule has 0 saturated heterocycles. The van der Waals surface area contributed by atoms with Gasteiger partial charge in [-0.25, -0.2) is 0 Å². The minimum absolute atomic E-state index is 0.453. The van der Waals surface area contributed by atoms with Gasteiger partial charge >= 0.3 is 0 Å². The molecule has 0 radical (unpaired) electrons. The first-order valence-electron chi connectivity index (χ1n) is 6.65. The zero-order valence-electron chi connectivity index (χ0n) is 11.7. The second kappa shape index (κ2) is 4.45. The largest absolute Gasteiger partial charge is 0.316 e. The first-order chi connectivity index (χ1) is 7.94. The standard InChI is InChI=1S/C14H25N3/c1-10(2)17-7-6-11(16-17)8-13(15-5)12-9-14(12,3)4/h6-7,10,12-13,15H,8-9H2,1-5H3. The van der Waals surface area contributed by atoms with E-state index in [0.717, 1.165) is 12.3 Å². The Morgan fingerprint density at radius 2 is 2.18 bits per heavy atom. The summed E-state index contributed by atoms with van der Waals surface area (Å²) in [6.07, 6.45) is 4.47. The van der Waals surface area contributed by atoms with Crippen LogP contribution in [0.1, 0.15) is 45.9 Å². The fourth-order valence-electron chi connectivity index (χ4n) is 2.64. The molecule has 17 heavy (non-hydrogen) atoms. The van der Waals surface area contributed by atoms with E-state index < -0.39 is 0 Å². The molecule has 1 aliphatic carbocycles. The van der Waals surface area contributed by atoms with E-state index in [4.69, 9.17) is 0 Å². The van der Waals surface area contributed by atoms with Gasteiger partial charge in [0.2, 0.25) is 0 Å². The van der Waals surface area contributed by atoms with Crippen molar-refractivity contribution in [2.75, 3.05) is 7.05 Å². The summed E-state index contributed by atoms with van der Waals surface area (Å²) in [7, 11) is 2.07. The maximum Gasteiger partial charge on any atom is 0.0640 e. The number of hydrogen-bond acceptors (Lipinski definition) is 2. The van der Waals surface area contributed by atoms with Gasteiger partial charge in [-0.1, -0.05) is 13.8 Å². The van der Waals surface area contributed by atoms with Gasteiger partial charge in [0.15, 0.2) is 0 Å². The Bertz CT molecular complexity index is 379. The number of hydrogen-bond donors (Lipinski definition) is 1. The highest BCUT2D eigenvalue weighted by Gasteiger charge is 2.49. The van der Waals surface area contributed by atoms with E-state index in [1.165, 1.54) is 12.1 Å². The van der Waals surface area contributed by atoms with Crippen molar-refractivity contribution < 1.29 is 0 Å². The van der Waals surface area contributed by atoms with Gasteiger partial charge in [0.05, 0.1) is 5.69 Å². The summed E-state index contributed by atoms with van der Waals surface area (Å²) >= 11 is 0. The third-order valence-electron chi connectivity index (χ3n) is 4.07. The van der Waals surface area contributed by atoms with Crippen molar-refractivity contribution in [1.29, 1.82) is 0 Å². The molecule has 0 bridgehead atoms. The second-order valence-electron chi connectivity index (χ2n) is 6.28. The van der Waals surface area contributed by atoms with Crippen LogP contribution in [-0.4, -0.2) is 22.9 Å². The normalized spacial score (nSPS) is 24.0. The van der Waals surface area contributed by atoms with Crippen LogP contribution >= 0.6 is 0 Å². The van der Waals surface area contributed by atoms with E-state index in [1.54, 1.807) is 0 Å². The summed E-state index contributed by atoms with van der Waals surface area (Å²) in [6.45, 7) is 9.04. The highest BCUT2D eigenvalue weighted by molar-refractivity contribution is 5.08. The molecule has 1 aromatic heterocycles. The Morgan fingerprint density at radius 1 is 1.53 bits per heavy atom. The van der Waals surface area contributed by atoms with Crippen LogP contribution in [0.3, 0.4) is 0 Å². The molecule has 3 nitrogen and oxygen atoms in total. The number of nitrogens with one attached hydrogen (secondary N) is 1. The highest BCUT2D eigenvalue weighted by atomic mass is 15.3. The minimum Gasteiger partial charge on any atom is -0.316 e. The van der Waals surface area contributed by atoms with Crippen molar-refractivity contribution in [3.63, 3.8) is 0 Å². The van der Waals surface area contributed by atoms with Crippen molar-refractivity contribution in [2.24, 2.45) is 11.3 Å². The van der Waals surface area contributed by atoms with Gasteiger partial charge in [0, 0.05) is 24.7 Å². The van der Waals surface area contributed by atoms with Crippen LogP contribution in [0.15, 0.2) is 12.3 Å². The second-order valence-corrected chi connectivity index (χ2v) is 6.28. The van der Waals surface area contributed by atoms with Gasteiger partial charge in [0.25, 0.3) is 0 Å². The summed E-state index contributed by atoms with van der Waals surface area (Å²) in [5.41, 5.74) is 1.73. The van der Waals surface area contributed by atoms with Crippen LogP contribution < -0.4 is 5.32 Å². The molecule has 1 heterocycles. The van der Waals surface area contributed by atoms with E-state index in [2.05, 4.69) is 57.4 Å². The average Bonchev–Trinajstić information content (AvgIpc) is 2.71. The van der Waals surface area contributed by atoms with E-state index in [0.29, 0.717) is 17.5 Å². The first-order valence-corrected chi connectivity index (χ1v) is 6.65. The van der Waals surface area contributed by atoms with Crippen LogP contribution in [0, 0.1) is 11.3 Å². The SMILES string of the molecule is CNC(Cc1ccn(C(C)C)n1)C1CC1(C)C. The maximum absolute atomic E-state index is 4.63. The third kappa shape index (κ3) is 2.71. The molecule has 2 rings (SSSR count). The lowest BCUT2D eigenvalue weighted by Gasteiger charge is -2.16. The van der Waals surface area contributed by atoms with Crippen LogP contribution in [0.2, 0.25) is 0 Å². The fourth-order valence-corrected chi connectivity index (χ4v) is 2.64. The molecule has 0 amide bonds. The van der Waals surface area contributed by atoms with E-state index in [1.807, 2.05) is 4.68 Å². The molecule has 1 aromatic rings. The molecular weight excluding hydrogens is 210 g/mol. The van der Waals surface area contributed by atoms with Gasteiger partial charge in [-0.2, -0.15) is 5.10 Å². The molecule has 2 unspecified atom stereocenters. The summed E-state index contributed by atoms with van der Waals surface area (Å²) < 4.78 is 2.04. The average molecular weight is 235 g/mol. The Morgan fingerprint density at radius 3 is 2.59 bits per heavy atom. The molecule has 1 fully saturated rings. The molecule has 3 heteroatoms. The number of likely N-dealkylation sites (N-methyl/N-ethyl adjacent to an activating group) is 1. The van der Waals surface area contributed by atoms with Gasteiger partial charge in [-0.15, -0.1) is 0 Å². The van der Waals surface area contributed by atoms with Gasteiger partial charge in [0.1, 0.15) is 0 Å². The summed E-state index contributed by atoms with van der Waals surface area (Å²) in [5, 5.41) is 8.09.